The average Bonchev–Trinajstić information content (AvgIpc) is 3.82. The predicted molar refractivity (Wildman–Crippen MR) is 210 cm³/mol. The molecule has 10 nitrogen and oxygen atoms in total. The number of carbonyl (C=O) groups excluding carboxylic acids is 2. The number of nitrogens with zero attached hydrogens (tertiary/aromatic N) is 5. The fourth-order valence-corrected chi connectivity index (χ4v) is 7.74. The van der Waals surface area contributed by atoms with Crippen molar-refractivity contribution in [3.8, 4) is 5.88 Å². The molecule has 2 aromatic carbocycles. The highest BCUT2D eigenvalue weighted by atomic mass is 35.5. The number of thioether (sulfide) groups is 1. The lowest BCUT2D eigenvalue weighted by Gasteiger charge is -2.41. The molecule has 0 spiro atoms. The number of aromatic nitrogens is 3. The Morgan fingerprint density at radius 3 is 2.51 bits per heavy atom. The highest BCUT2D eigenvalue weighted by Gasteiger charge is 2.39. The first-order valence-electron chi connectivity index (χ1n) is 18.6. The van der Waals surface area contributed by atoms with Crippen molar-refractivity contribution in [1.29, 1.82) is 0 Å². The van der Waals surface area contributed by atoms with E-state index in [1.807, 2.05) is 26.0 Å². The number of amides is 2. The zero-order valence-corrected chi connectivity index (χ0v) is 32.9. The first-order valence-corrected chi connectivity index (χ1v) is 20.2. The number of imidazole rings is 1. The molecule has 1 atom stereocenters. The molecule has 7 rings (SSSR count). The highest BCUT2D eigenvalue weighted by Crippen LogP contribution is 2.39. The summed E-state index contributed by atoms with van der Waals surface area (Å²) < 4.78 is 28.4. The van der Waals surface area contributed by atoms with E-state index < -0.39 is 0 Å². The first-order chi connectivity index (χ1) is 25.8. The molecule has 1 N–H and O–H groups in total. The molecule has 0 saturated carbocycles. The second kappa shape index (κ2) is 19.6. The van der Waals surface area contributed by atoms with Crippen LogP contribution in [0.25, 0.3) is 11.0 Å². The minimum atomic E-state index is -0.372. The first kappa shape index (κ1) is 40.5. The number of halogens is 2. The molecule has 0 bridgehead atoms. The summed E-state index contributed by atoms with van der Waals surface area (Å²) in [5.74, 6) is 1.62. The van der Waals surface area contributed by atoms with E-state index in [2.05, 4.69) is 52.2 Å². The van der Waals surface area contributed by atoms with E-state index in [1.54, 1.807) is 28.8 Å². The van der Waals surface area contributed by atoms with E-state index in [0.29, 0.717) is 28.8 Å². The molecular weight excluding hydrogens is 715 g/mol. The lowest BCUT2D eigenvalue weighted by atomic mass is 9.93. The number of likely N-dealkylation sites (tertiary alicyclic amines) is 2. The average molecular weight is 767 g/mol. The Morgan fingerprint density at radius 2 is 1.85 bits per heavy atom. The van der Waals surface area contributed by atoms with Gasteiger partial charge in [-0.2, -0.15) is 0 Å². The van der Waals surface area contributed by atoms with Crippen molar-refractivity contribution in [2.75, 3.05) is 45.6 Å². The third-order valence-electron chi connectivity index (χ3n) is 9.90. The molecule has 0 radical (unpaired) electrons. The summed E-state index contributed by atoms with van der Waals surface area (Å²) >= 11 is 7.66. The topological polar surface area (TPSA) is 102 Å². The summed E-state index contributed by atoms with van der Waals surface area (Å²) in [7, 11) is 0. The Kier molecular flexibility index (Phi) is 14.9. The molecule has 4 aromatic rings. The number of carbonyl (C=O) groups is 2. The Labute approximate surface area is 321 Å². The van der Waals surface area contributed by atoms with Crippen LogP contribution in [-0.2, 0) is 34.0 Å². The number of piperidine rings is 1. The second-order valence-corrected chi connectivity index (χ2v) is 15.0. The fourth-order valence-electron chi connectivity index (χ4n) is 6.83. The van der Waals surface area contributed by atoms with Gasteiger partial charge < -0.3 is 24.3 Å². The summed E-state index contributed by atoms with van der Waals surface area (Å²) in [5, 5.41) is 2.72. The maximum absolute atomic E-state index is 14.1. The van der Waals surface area contributed by atoms with Crippen LogP contribution in [0, 0.1) is 12.7 Å². The van der Waals surface area contributed by atoms with Crippen LogP contribution in [0.5, 0.6) is 5.88 Å². The number of nitrogens with one attached hydrogen (secondary N) is 1. The van der Waals surface area contributed by atoms with Gasteiger partial charge in [0.15, 0.2) is 0 Å². The zero-order valence-electron chi connectivity index (χ0n) is 31.3. The third kappa shape index (κ3) is 10.7. The minimum absolute atomic E-state index is 0.0228. The Morgan fingerprint density at radius 1 is 1.09 bits per heavy atom. The van der Waals surface area contributed by atoms with Gasteiger partial charge in [0.05, 0.1) is 37.3 Å². The summed E-state index contributed by atoms with van der Waals surface area (Å²) in [4.78, 5) is 34.9. The van der Waals surface area contributed by atoms with Crippen LogP contribution < -0.4 is 10.1 Å². The van der Waals surface area contributed by atoms with Crippen molar-refractivity contribution >= 4 is 46.7 Å². The molecule has 3 aliphatic heterocycles. The standard InChI is InChI=1S/C31H34ClFN4O2S.C7H12N2O2.C2H6/c1-21-6-9-28-27(16-21)34-29(37(28)20-31(40-2)12-15-39-31)18-36-13-10-22(11-14-36)26-4-3-5-30(35-26)38-19-23-7-8-24(32)17-25(23)33;10-6-8-5-7(11)9-3-1-2-4-9;1-2/h3-9,16-17,22H,10-15,18-20H2,1-2H3;6H,1-5H2,(H,8,10);1-2H3. The number of fused-ring (bicyclic) bond motifs is 1. The van der Waals surface area contributed by atoms with Crippen LogP contribution in [0.4, 0.5) is 4.39 Å². The number of aryl methyl sites for hydroxylation is 1. The van der Waals surface area contributed by atoms with E-state index in [-0.39, 0.29) is 29.8 Å². The predicted octanol–water partition coefficient (Wildman–Crippen LogP) is 7.35. The van der Waals surface area contributed by atoms with Gasteiger partial charge >= 0.3 is 0 Å². The molecule has 3 fully saturated rings. The fraction of sp³-hybridized carbons (Fsp3) is 0.500. The molecule has 286 valence electrons. The van der Waals surface area contributed by atoms with Gasteiger partial charge in [-0.05, 0) is 87.8 Å². The van der Waals surface area contributed by atoms with Crippen molar-refractivity contribution in [1.82, 2.24) is 29.7 Å². The maximum atomic E-state index is 14.1. The van der Waals surface area contributed by atoms with Crippen molar-refractivity contribution in [2.45, 2.75) is 83.4 Å². The van der Waals surface area contributed by atoms with E-state index >= 15 is 0 Å². The third-order valence-corrected chi connectivity index (χ3v) is 11.3. The van der Waals surface area contributed by atoms with Gasteiger partial charge in [-0.1, -0.05) is 43.6 Å². The van der Waals surface area contributed by atoms with Crippen LogP contribution in [0.2, 0.25) is 5.02 Å². The Balaban J connectivity index is 0.000000356. The maximum Gasteiger partial charge on any atom is 0.241 e. The molecule has 53 heavy (non-hydrogen) atoms. The molecule has 13 heteroatoms. The molecule has 2 aromatic heterocycles. The number of hydrogen-bond donors (Lipinski definition) is 1. The molecule has 2 amide bonds. The molecule has 5 heterocycles. The van der Waals surface area contributed by atoms with Crippen molar-refractivity contribution in [2.24, 2.45) is 0 Å². The van der Waals surface area contributed by atoms with Gasteiger partial charge in [0.25, 0.3) is 0 Å². The van der Waals surface area contributed by atoms with Crippen LogP contribution in [0.15, 0.2) is 54.6 Å². The Hall–Kier alpha value is -3.71. The van der Waals surface area contributed by atoms with Crippen LogP contribution in [-0.4, -0.2) is 87.2 Å². The van der Waals surface area contributed by atoms with E-state index in [9.17, 15) is 14.0 Å². The monoisotopic (exact) mass is 766 g/mol. The van der Waals surface area contributed by atoms with Crippen molar-refractivity contribution in [3.05, 3.63) is 88.1 Å². The number of rotatable bonds is 12. The number of benzene rings is 2. The van der Waals surface area contributed by atoms with Crippen molar-refractivity contribution < 1.29 is 23.5 Å². The summed E-state index contributed by atoms with van der Waals surface area (Å²) in [6.45, 7) is 12.5. The lowest BCUT2D eigenvalue weighted by Crippen LogP contribution is -2.44. The van der Waals surface area contributed by atoms with Crippen LogP contribution in [0.3, 0.4) is 0 Å². The quantitative estimate of drug-likeness (QED) is 0.150. The van der Waals surface area contributed by atoms with Gasteiger partial charge in [-0.15, -0.1) is 11.8 Å². The molecule has 3 aliphatic rings. The van der Waals surface area contributed by atoms with E-state index in [4.69, 9.17) is 31.0 Å². The smallest absolute Gasteiger partial charge is 0.241 e. The minimum Gasteiger partial charge on any atom is -0.473 e. The van der Waals surface area contributed by atoms with Gasteiger partial charge in [-0.3, -0.25) is 14.5 Å². The van der Waals surface area contributed by atoms with Gasteiger partial charge in [0, 0.05) is 47.8 Å². The van der Waals surface area contributed by atoms with Gasteiger partial charge in [0.1, 0.15) is 23.2 Å². The number of hydrogen-bond acceptors (Lipinski definition) is 8. The second-order valence-electron chi connectivity index (χ2n) is 13.4. The lowest BCUT2D eigenvalue weighted by molar-refractivity contribution is -0.130. The SMILES string of the molecule is CC.CSC1(Cn2c(CN3CCC(c4cccc(OCc5ccc(Cl)cc5F)n4)CC3)nc3cc(C)ccc32)CCO1.O=CNCC(=O)N1CCCC1. The molecule has 1 unspecified atom stereocenters. The zero-order chi connectivity index (χ0) is 37.8. The van der Waals surface area contributed by atoms with Gasteiger partial charge in [-0.25, -0.2) is 14.4 Å². The molecule has 3 saturated heterocycles. The number of ether oxygens (including phenoxy) is 2. The largest absolute Gasteiger partial charge is 0.473 e. The Bertz CT molecular complexity index is 1800. The van der Waals surface area contributed by atoms with E-state index in [0.717, 1.165) is 95.0 Å². The van der Waals surface area contributed by atoms with Crippen LogP contribution in [0.1, 0.15) is 74.5 Å². The summed E-state index contributed by atoms with van der Waals surface area (Å²) in [6, 6.07) is 17.0. The molecular formula is C40H52ClFN6O4S. The number of pyridine rings is 1. The highest BCUT2D eigenvalue weighted by molar-refractivity contribution is 7.99. The van der Waals surface area contributed by atoms with E-state index in [1.165, 1.54) is 17.1 Å². The summed E-state index contributed by atoms with van der Waals surface area (Å²) in [5.41, 5.74) is 4.94. The summed E-state index contributed by atoms with van der Waals surface area (Å²) in [6.07, 6.45) is 7.96. The van der Waals surface area contributed by atoms with Crippen LogP contribution >= 0.6 is 23.4 Å². The molecule has 0 aliphatic carbocycles. The normalized spacial score (nSPS) is 18.7. The van der Waals surface area contributed by atoms with Crippen molar-refractivity contribution in [3.63, 3.8) is 0 Å². The van der Waals surface area contributed by atoms with Gasteiger partial charge in [0.2, 0.25) is 18.2 Å².